The number of carbonyl (C=O) groups is 2. The Morgan fingerprint density at radius 2 is 1.87 bits per heavy atom. The monoisotopic (exact) mass is 312 g/mol. The number of fused-ring (bicyclic) bond motifs is 3. The largest absolute Gasteiger partial charge is 0.299 e. The van der Waals surface area contributed by atoms with Gasteiger partial charge in [0, 0.05) is 30.1 Å². The summed E-state index contributed by atoms with van der Waals surface area (Å²) in [6.07, 6.45) is 8.06. The van der Waals surface area contributed by atoms with Crippen molar-refractivity contribution in [3.8, 4) is 11.8 Å². The summed E-state index contributed by atoms with van der Waals surface area (Å²) in [5.41, 5.74) is 1.08. The first kappa shape index (κ1) is 16.5. The van der Waals surface area contributed by atoms with Crippen LogP contribution < -0.4 is 0 Å². The third-order valence-electron chi connectivity index (χ3n) is 7.09. The maximum Gasteiger partial charge on any atom is 0.155 e. The van der Waals surface area contributed by atoms with Crippen LogP contribution in [0.5, 0.6) is 0 Å². The summed E-state index contributed by atoms with van der Waals surface area (Å²) >= 11 is 0. The van der Waals surface area contributed by atoms with Crippen LogP contribution in [-0.4, -0.2) is 11.6 Å². The average Bonchev–Trinajstić information content (AvgIpc) is 2.51. The Morgan fingerprint density at radius 1 is 1.13 bits per heavy atom. The molecule has 0 aromatic carbocycles. The van der Waals surface area contributed by atoms with Crippen molar-refractivity contribution in [2.45, 2.75) is 72.6 Å². The molecule has 2 heteroatoms. The Morgan fingerprint density at radius 3 is 2.57 bits per heavy atom. The average molecular weight is 312 g/mol. The Bertz CT molecular complexity index is 642. The number of allylic oxidation sites excluding steroid dienone is 2. The van der Waals surface area contributed by atoms with Gasteiger partial charge in [-0.15, -0.1) is 11.8 Å². The predicted octanol–water partition coefficient (Wildman–Crippen LogP) is 4.48. The highest BCUT2D eigenvalue weighted by Gasteiger charge is 2.59. The summed E-state index contributed by atoms with van der Waals surface area (Å²) < 4.78 is 0. The van der Waals surface area contributed by atoms with Crippen molar-refractivity contribution in [1.29, 1.82) is 0 Å². The summed E-state index contributed by atoms with van der Waals surface area (Å²) in [5.74, 6) is 7.34. The lowest BCUT2D eigenvalue weighted by Crippen LogP contribution is -2.55. The van der Waals surface area contributed by atoms with Gasteiger partial charge < -0.3 is 0 Å². The molecule has 0 aromatic rings. The molecule has 124 valence electrons. The molecule has 2 nitrogen and oxygen atoms in total. The van der Waals surface area contributed by atoms with Gasteiger partial charge in [-0.2, -0.15) is 0 Å². The second kappa shape index (κ2) is 5.33. The van der Waals surface area contributed by atoms with Crippen LogP contribution in [0, 0.1) is 34.0 Å². The smallest absolute Gasteiger partial charge is 0.155 e. The Balaban J connectivity index is 2.10. The van der Waals surface area contributed by atoms with Crippen molar-refractivity contribution in [1.82, 2.24) is 0 Å². The molecule has 0 heterocycles. The van der Waals surface area contributed by atoms with E-state index in [1.165, 1.54) is 5.57 Å². The fourth-order valence-corrected chi connectivity index (χ4v) is 5.73. The van der Waals surface area contributed by atoms with E-state index in [0.717, 1.165) is 32.1 Å². The lowest BCUT2D eigenvalue weighted by Gasteiger charge is -2.60. The van der Waals surface area contributed by atoms with Crippen molar-refractivity contribution >= 4 is 11.6 Å². The highest BCUT2D eigenvalue weighted by Crippen LogP contribution is 2.65. The number of Topliss-reactive ketones (excluding diaryl/α,β-unsaturated/α-hetero) is 1. The molecule has 2 saturated carbocycles. The van der Waals surface area contributed by atoms with Gasteiger partial charge in [-0.25, -0.2) is 0 Å². The molecule has 0 unspecified atom stereocenters. The second-order valence-corrected chi connectivity index (χ2v) is 8.56. The lowest BCUT2D eigenvalue weighted by molar-refractivity contribution is -0.142. The maximum atomic E-state index is 12.5. The number of hydrogen-bond donors (Lipinski definition) is 0. The Labute approximate surface area is 140 Å². The van der Waals surface area contributed by atoms with E-state index < -0.39 is 0 Å². The first-order chi connectivity index (χ1) is 10.8. The highest BCUT2D eigenvalue weighted by molar-refractivity contribution is 5.92. The summed E-state index contributed by atoms with van der Waals surface area (Å²) in [4.78, 5) is 24.7. The van der Waals surface area contributed by atoms with Crippen molar-refractivity contribution in [2.75, 3.05) is 0 Å². The summed E-state index contributed by atoms with van der Waals surface area (Å²) in [6, 6.07) is 0. The zero-order valence-electron chi connectivity index (χ0n) is 14.9. The molecule has 0 amide bonds. The highest BCUT2D eigenvalue weighted by atomic mass is 16.1. The van der Waals surface area contributed by atoms with Crippen molar-refractivity contribution < 1.29 is 9.59 Å². The van der Waals surface area contributed by atoms with E-state index in [2.05, 4.69) is 32.6 Å². The molecule has 2 fully saturated rings. The molecule has 23 heavy (non-hydrogen) atoms. The number of hydrogen-bond acceptors (Lipinski definition) is 2. The van der Waals surface area contributed by atoms with E-state index in [1.807, 2.05) is 13.0 Å². The molecule has 3 rings (SSSR count). The molecule has 3 aliphatic rings. The lowest BCUT2D eigenvalue weighted by atomic mass is 9.43. The summed E-state index contributed by atoms with van der Waals surface area (Å²) in [5, 5.41) is 0. The zero-order valence-corrected chi connectivity index (χ0v) is 14.9. The van der Waals surface area contributed by atoms with Crippen LogP contribution in [0.25, 0.3) is 0 Å². The Hall–Kier alpha value is -1.36. The minimum absolute atomic E-state index is 0.0266. The van der Waals surface area contributed by atoms with Crippen LogP contribution in [0.1, 0.15) is 72.6 Å². The van der Waals surface area contributed by atoms with Crippen LogP contribution in [0.2, 0.25) is 0 Å². The van der Waals surface area contributed by atoms with E-state index in [9.17, 15) is 9.59 Å². The number of carbonyl (C=O) groups excluding carboxylic acids is 2. The molecule has 0 bridgehead atoms. The summed E-state index contributed by atoms with van der Waals surface area (Å²) in [6.45, 7) is 8.43. The van der Waals surface area contributed by atoms with E-state index in [-0.39, 0.29) is 22.0 Å². The van der Waals surface area contributed by atoms with E-state index in [1.54, 1.807) is 0 Å². The predicted molar refractivity (Wildman–Crippen MR) is 91.7 cm³/mol. The molecule has 0 saturated heterocycles. The fraction of sp³-hybridized carbons (Fsp3) is 0.714. The molecule has 0 aromatic heterocycles. The quantitative estimate of drug-likeness (QED) is 0.669. The van der Waals surface area contributed by atoms with Crippen molar-refractivity contribution in [3.05, 3.63) is 11.6 Å². The molecule has 0 aliphatic heterocycles. The minimum atomic E-state index is -0.281. The normalized spacial score (nSPS) is 38.8. The fourth-order valence-electron chi connectivity index (χ4n) is 5.73. The van der Waals surface area contributed by atoms with Crippen molar-refractivity contribution in [2.24, 2.45) is 22.2 Å². The van der Waals surface area contributed by atoms with Gasteiger partial charge in [-0.3, -0.25) is 9.59 Å². The van der Waals surface area contributed by atoms with Gasteiger partial charge in [0.1, 0.15) is 5.78 Å². The molecule has 0 radical (unpaired) electrons. The van der Waals surface area contributed by atoms with Gasteiger partial charge in [0.2, 0.25) is 0 Å². The zero-order chi connectivity index (χ0) is 16.9. The minimum Gasteiger partial charge on any atom is -0.299 e. The molecular weight excluding hydrogens is 284 g/mol. The van der Waals surface area contributed by atoms with E-state index in [0.29, 0.717) is 24.5 Å². The first-order valence-electron chi connectivity index (χ1n) is 8.95. The topological polar surface area (TPSA) is 34.1 Å². The SMILES string of the molecule is CC#CC[C@]12CCC(=O)C=C1[C@@]1(C)CCC(=O)C(C)(C)[C@@H]1CC2. The van der Waals surface area contributed by atoms with Crippen LogP contribution in [0.15, 0.2) is 11.6 Å². The van der Waals surface area contributed by atoms with E-state index in [4.69, 9.17) is 0 Å². The van der Waals surface area contributed by atoms with Crippen LogP contribution in [-0.2, 0) is 9.59 Å². The summed E-state index contributed by atoms with van der Waals surface area (Å²) in [7, 11) is 0. The van der Waals surface area contributed by atoms with Gasteiger partial charge >= 0.3 is 0 Å². The maximum absolute atomic E-state index is 12.5. The molecular formula is C21H28O2. The van der Waals surface area contributed by atoms with Gasteiger partial charge in [0.05, 0.1) is 0 Å². The molecule has 0 N–H and O–H groups in total. The van der Waals surface area contributed by atoms with Gasteiger partial charge in [0.25, 0.3) is 0 Å². The molecule has 0 spiro atoms. The van der Waals surface area contributed by atoms with Crippen LogP contribution >= 0.6 is 0 Å². The van der Waals surface area contributed by atoms with Gasteiger partial charge in [-0.1, -0.05) is 26.3 Å². The molecule has 3 atom stereocenters. The third kappa shape index (κ3) is 2.32. The first-order valence-corrected chi connectivity index (χ1v) is 8.95. The third-order valence-corrected chi connectivity index (χ3v) is 7.09. The van der Waals surface area contributed by atoms with Crippen LogP contribution in [0.4, 0.5) is 0 Å². The number of rotatable bonds is 1. The van der Waals surface area contributed by atoms with Gasteiger partial charge in [-0.05, 0) is 50.0 Å². The molecule has 3 aliphatic carbocycles. The Kier molecular flexibility index (Phi) is 3.82. The number of ketones is 2. The van der Waals surface area contributed by atoms with Crippen molar-refractivity contribution in [3.63, 3.8) is 0 Å². The standard InChI is InChI=1S/C21H28O2/c1-5-6-10-21-12-7-15(22)14-17(21)20(4)11-9-18(23)19(2,3)16(20)8-13-21/h14,16H,7-13H2,1-4H3/t16-,20-,21+/m0/s1. The van der Waals surface area contributed by atoms with E-state index >= 15 is 0 Å². The second-order valence-electron chi connectivity index (χ2n) is 8.56. The van der Waals surface area contributed by atoms with Crippen LogP contribution in [0.3, 0.4) is 0 Å². The van der Waals surface area contributed by atoms with Gasteiger partial charge in [0.15, 0.2) is 5.78 Å².